The molecular weight excluding hydrogens is 353 g/mol. The summed E-state index contributed by atoms with van der Waals surface area (Å²) in [6.07, 6.45) is 0. The maximum Gasteiger partial charge on any atom is 0.273 e. The van der Waals surface area contributed by atoms with Crippen molar-refractivity contribution in [3.8, 4) is 0 Å². The van der Waals surface area contributed by atoms with Crippen LogP contribution >= 0.6 is 11.3 Å². The van der Waals surface area contributed by atoms with Crippen molar-refractivity contribution >= 4 is 27.3 Å². The highest BCUT2D eigenvalue weighted by molar-refractivity contribution is 7.89. The quantitative estimate of drug-likeness (QED) is 0.826. The van der Waals surface area contributed by atoms with Crippen molar-refractivity contribution in [3.63, 3.8) is 0 Å². The highest BCUT2D eigenvalue weighted by atomic mass is 32.2. The SMILES string of the molecule is Cc1nc(C(=O)N2CCN(S(=O)(=O)c3ccc(F)cc3)CC2)cs1. The Morgan fingerprint density at radius 2 is 1.79 bits per heavy atom. The lowest BCUT2D eigenvalue weighted by Crippen LogP contribution is -2.50. The molecule has 1 amide bonds. The second kappa shape index (κ2) is 6.58. The van der Waals surface area contributed by atoms with Crippen molar-refractivity contribution in [2.45, 2.75) is 11.8 Å². The first-order valence-corrected chi connectivity index (χ1v) is 9.67. The zero-order valence-electron chi connectivity index (χ0n) is 13.0. The van der Waals surface area contributed by atoms with Crippen LogP contribution in [0.3, 0.4) is 0 Å². The van der Waals surface area contributed by atoms with Gasteiger partial charge in [-0.1, -0.05) is 0 Å². The van der Waals surface area contributed by atoms with E-state index in [9.17, 15) is 17.6 Å². The second-order valence-corrected chi connectivity index (χ2v) is 8.40. The first kappa shape index (κ1) is 17.0. The van der Waals surface area contributed by atoms with Crippen LogP contribution in [0.1, 0.15) is 15.5 Å². The van der Waals surface area contributed by atoms with Crippen LogP contribution in [0.5, 0.6) is 0 Å². The van der Waals surface area contributed by atoms with Crippen LogP contribution in [0.25, 0.3) is 0 Å². The number of hydrogen-bond acceptors (Lipinski definition) is 5. The van der Waals surface area contributed by atoms with Gasteiger partial charge < -0.3 is 4.90 Å². The highest BCUT2D eigenvalue weighted by Crippen LogP contribution is 2.19. The van der Waals surface area contributed by atoms with Gasteiger partial charge >= 0.3 is 0 Å². The lowest BCUT2D eigenvalue weighted by molar-refractivity contribution is 0.0692. The molecule has 0 radical (unpaired) electrons. The molecule has 0 saturated carbocycles. The molecule has 0 aliphatic carbocycles. The molecule has 9 heteroatoms. The first-order chi connectivity index (χ1) is 11.4. The van der Waals surface area contributed by atoms with Crippen LogP contribution in [-0.4, -0.2) is 54.7 Å². The number of thiazole rings is 1. The first-order valence-electron chi connectivity index (χ1n) is 7.35. The van der Waals surface area contributed by atoms with Gasteiger partial charge in [0.15, 0.2) is 0 Å². The van der Waals surface area contributed by atoms with E-state index in [-0.39, 0.29) is 23.9 Å². The van der Waals surface area contributed by atoms with E-state index >= 15 is 0 Å². The number of carbonyl (C=O) groups excluding carboxylic acids is 1. The molecule has 1 saturated heterocycles. The predicted octanol–water partition coefficient (Wildman–Crippen LogP) is 1.74. The third-order valence-electron chi connectivity index (χ3n) is 3.82. The van der Waals surface area contributed by atoms with Gasteiger partial charge in [0, 0.05) is 31.6 Å². The van der Waals surface area contributed by atoms with Gasteiger partial charge in [-0.25, -0.2) is 17.8 Å². The number of carbonyl (C=O) groups is 1. The molecule has 1 aliphatic heterocycles. The standard InChI is InChI=1S/C15H16FN3O3S2/c1-11-17-14(10-23-11)15(20)18-6-8-19(9-7-18)24(21,22)13-4-2-12(16)3-5-13/h2-5,10H,6-9H2,1H3. The molecule has 0 spiro atoms. The largest absolute Gasteiger partial charge is 0.335 e. The van der Waals surface area contributed by atoms with Crippen molar-refractivity contribution in [2.24, 2.45) is 0 Å². The van der Waals surface area contributed by atoms with Crippen LogP contribution in [0.2, 0.25) is 0 Å². The van der Waals surface area contributed by atoms with E-state index in [1.165, 1.54) is 27.8 Å². The van der Waals surface area contributed by atoms with E-state index in [1.807, 2.05) is 6.92 Å². The molecule has 0 N–H and O–H groups in total. The normalized spacial score (nSPS) is 16.3. The molecule has 0 atom stereocenters. The molecule has 3 rings (SSSR count). The second-order valence-electron chi connectivity index (χ2n) is 5.40. The number of sulfonamides is 1. The van der Waals surface area contributed by atoms with E-state index in [1.54, 1.807) is 10.3 Å². The molecule has 128 valence electrons. The number of benzene rings is 1. The Bertz CT molecular complexity index is 841. The number of piperazine rings is 1. The predicted molar refractivity (Wildman–Crippen MR) is 87.9 cm³/mol. The average Bonchev–Trinajstić information content (AvgIpc) is 3.01. The van der Waals surface area contributed by atoms with Crippen molar-refractivity contribution in [1.82, 2.24) is 14.2 Å². The van der Waals surface area contributed by atoms with Crippen LogP contribution in [0, 0.1) is 12.7 Å². The minimum atomic E-state index is -3.67. The van der Waals surface area contributed by atoms with Crippen LogP contribution < -0.4 is 0 Å². The zero-order valence-corrected chi connectivity index (χ0v) is 14.6. The lowest BCUT2D eigenvalue weighted by atomic mass is 10.3. The van der Waals surface area contributed by atoms with Gasteiger partial charge in [-0.3, -0.25) is 4.79 Å². The van der Waals surface area contributed by atoms with E-state index in [0.29, 0.717) is 18.8 Å². The molecule has 24 heavy (non-hydrogen) atoms. The summed E-state index contributed by atoms with van der Waals surface area (Å²) in [6, 6.07) is 4.75. The van der Waals surface area contributed by atoms with Gasteiger partial charge in [0.05, 0.1) is 9.90 Å². The Balaban J connectivity index is 1.68. The van der Waals surface area contributed by atoms with E-state index in [0.717, 1.165) is 17.1 Å². The number of aryl methyl sites for hydroxylation is 1. The summed E-state index contributed by atoms with van der Waals surface area (Å²) in [5.41, 5.74) is 0.396. The van der Waals surface area contributed by atoms with E-state index in [2.05, 4.69) is 4.98 Å². The van der Waals surface area contributed by atoms with Crippen molar-refractivity contribution in [1.29, 1.82) is 0 Å². The Morgan fingerprint density at radius 3 is 2.33 bits per heavy atom. The Kier molecular flexibility index (Phi) is 4.66. The topological polar surface area (TPSA) is 70.6 Å². The number of rotatable bonds is 3. The van der Waals surface area contributed by atoms with E-state index < -0.39 is 15.8 Å². The van der Waals surface area contributed by atoms with Crippen LogP contribution in [0.4, 0.5) is 4.39 Å². The Labute approximate surface area is 143 Å². The smallest absolute Gasteiger partial charge is 0.273 e. The summed E-state index contributed by atoms with van der Waals surface area (Å²) in [5, 5.41) is 2.52. The zero-order chi connectivity index (χ0) is 17.3. The maximum atomic E-state index is 13.0. The molecule has 6 nitrogen and oxygen atoms in total. The number of amides is 1. The molecule has 1 fully saturated rings. The fraction of sp³-hybridized carbons (Fsp3) is 0.333. The maximum absolute atomic E-state index is 13.0. The summed E-state index contributed by atoms with van der Waals surface area (Å²) in [6.45, 7) is 2.84. The minimum Gasteiger partial charge on any atom is -0.335 e. The minimum absolute atomic E-state index is 0.0544. The fourth-order valence-corrected chi connectivity index (χ4v) is 4.52. The Hall–Kier alpha value is -1.84. The number of nitrogens with zero attached hydrogens (tertiary/aromatic N) is 3. The van der Waals surface area contributed by atoms with Gasteiger partial charge in [-0.15, -0.1) is 11.3 Å². The summed E-state index contributed by atoms with van der Waals surface area (Å²) in [5.74, 6) is -0.666. The molecule has 0 unspecified atom stereocenters. The third kappa shape index (κ3) is 3.33. The summed E-state index contributed by atoms with van der Waals surface area (Å²) in [7, 11) is -3.67. The molecule has 2 heterocycles. The van der Waals surface area contributed by atoms with Crippen LogP contribution in [-0.2, 0) is 10.0 Å². The molecular formula is C15H16FN3O3S2. The summed E-state index contributed by atoms with van der Waals surface area (Å²) < 4.78 is 39.4. The molecule has 0 bridgehead atoms. The summed E-state index contributed by atoms with van der Waals surface area (Å²) >= 11 is 1.40. The van der Waals surface area contributed by atoms with Gasteiger partial charge in [-0.05, 0) is 31.2 Å². The van der Waals surface area contributed by atoms with Crippen molar-refractivity contribution < 1.29 is 17.6 Å². The van der Waals surface area contributed by atoms with Gasteiger partial charge in [0.1, 0.15) is 11.5 Å². The summed E-state index contributed by atoms with van der Waals surface area (Å²) in [4.78, 5) is 18.2. The molecule has 1 aromatic carbocycles. The molecule has 1 aromatic heterocycles. The number of aromatic nitrogens is 1. The van der Waals surface area contributed by atoms with Crippen molar-refractivity contribution in [2.75, 3.05) is 26.2 Å². The lowest BCUT2D eigenvalue weighted by Gasteiger charge is -2.33. The molecule has 2 aromatic rings. The highest BCUT2D eigenvalue weighted by Gasteiger charge is 2.30. The van der Waals surface area contributed by atoms with Crippen LogP contribution in [0.15, 0.2) is 34.5 Å². The number of hydrogen-bond donors (Lipinski definition) is 0. The average molecular weight is 369 g/mol. The monoisotopic (exact) mass is 369 g/mol. The van der Waals surface area contributed by atoms with Crippen molar-refractivity contribution in [3.05, 3.63) is 46.2 Å². The van der Waals surface area contributed by atoms with E-state index in [4.69, 9.17) is 0 Å². The van der Waals surface area contributed by atoms with Gasteiger partial charge in [0.25, 0.3) is 5.91 Å². The third-order valence-corrected chi connectivity index (χ3v) is 6.50. The van der Waals surface area contributed by atoms with Gasteiger partial charge in [-0.2, -0.15) is 4.31 Å². The molecule has 1 aliphatic rings. The fourth-order valence-electron chi connectivity index (χ4n) is 2.51. The Morgan fingerprint density at radius 1 is 1.17 bits per heavy atom. The number of halogens is 1. The van der Waals surface area contributed by atoms with Gasteiger partial charge in [0.2, 0.25) is 10.0 Å².